The van der Waals surface area contributed by atoms with Gasteiger partial charge in [0.15, 0.2) is 0 Å². The summed E-state index contributed by atoms with van der Waals surface area (Å²) < 4.78 is 2.65. The highest BCUT2D eigenvalue weighted by atomic mass is 16.6. The van der Waals surface area contributed by atoms with Crippen LogP contribution >= 0.6 is 0 Å². The Morgan fingerprint density at radius 3 is 2.52 bits per heavy atom. The molecule has 1 amide bonds. The van der Waals surface area contributed by atoms with E-state index in [1.165, 1.54) is 27.8 Å². The lowest BCUT2D eigenvalue weighted by atomic mass is 10.1. The summed E-state index contributed by atoms with van der Waals surface area (Å²) in [5.74, 6) is -0.412. The van der Waals surface area contributed by atoms with Crippen molar-refractivity contribution in [2.24, 2.45) is 0 Å². The van der Waals surface area contributed by atoms with Crippen LogP contribution in [0.25, 0.3) is 0 Å². The van der Waals surface area contributed by atoms with E-state index in [4.69, 9.17) is 0 Å². The summed E-state index contributed by atoms with van der Waals surface area (Å²) >= 11 is 0. The molecule has 27 heavy (non-hydrogen) atoms. The molecule has 3 rings (SSSR count). The molecule has 0 saturated heterocycles. The predicted molar refractivity (Wildman–Crippen MR) is 98.3 cm³/mol. The normalized spacial score (nSPS) is 10.6. The highest BCUT2D eigenvalue weighted by Gasteiger charge is 2.11. The molecule has 0 fully saturated rings. The second-order valence-electron chi connectivity index (χ2n) is 6.14. The molecule has 0 saturated carbocycles. The molecule has 0 aliphatic rings. The summed E-state index contributed by atoms with van der Waals surface area (Å²) in [5, 5.41) is 14.6. The van der Waals surface area contributed by atoms with Crippen LogP contribution in [0, 0.1) is 24.0 Å². The number of nitrogens with one attached hydrogen (secondary N) is 1. The number of rotatable bonds is 5. The first kappa shape index (κ1) is 18.1. The zero-order chi connectivity index (χ0) is 19.6. The Labute approximate surface area is 154 Å². The minimum atomic E-state index is -0.508. The zero-order valence-corrected chi connectivity index (χ0v) is 14.7. The van der Waals surface area contributed by atoms with Crippen molar-refractivity contribution in [2.45, 2.75) is 20.4 Å². The molecular formula is C18H17N5O4. The van der Waals surface area contributed by atoms with Crippen molar-refractivity contribution in [3.8, 4) is 0 Å². The number of pyridine rings is 1. The van der Waals surface area contributed by atoms with E-state index in [2.05, 4.69) is 10.5 Å². The van der Waals surface area contributed by atoms with Crippen LogP contribution < -0.4 is 11.0 Å². The minimum Gasteiger partial charge on any atom is -0.267 e. The number of aryl methyl sites for hydroxylation is 2. The van der Waals surface area contributed by atoms with Gasteiger partial charge in [0.05, 0.1) is 11.5 Å². The maximum absolute atomic E-state index is 12.4. The molecule has 0 spiro atoms. The fourth-order valence-electron chi connectivity index (χ4n) is 2.66. The number of nitro groups is 1. The van der Waals surface area contributed by atoms with Gasteiger partial charge in [-0.1, -0.05) is 12.1 Å². The molecule has 0 atom stereocenters. The number of nitrogens with zero attached hydrogens (tertiary/aromatic N) is 4. The zero-order valence-electron chi connectivity index (χ0n) is 14.7. The molecule has 0 unspecified atom stereocenters. The number of carbonyl (C=O) groups is 1. The summed E-state index contributed by atoms with van der Waals surface area (Å²) in [6, 6.07) is 9.95. The van der Waals surface area contributed by atoms with Gasteiger partial charge in [-0.25, -0.2) is 4.68 Å². The standard InChI is InChI=1S/C18H17N5O4/c1-12-7-13(2)22(17(24)8-12)20-18(25)15-5-3-14(4-6-15)10-21-11-16(9-19-21)23(26)27/h3-9,11H,10H2,1-2H3,(H,20,25). The Morgan fingerprint density at radius 1 is 1.22 bits per heavy atom. The van der Waals surface area contributed by atoms with Crippen LogP contribution in [0.1, 0.15) is 27.2 Å². The SMILES string of the molecule is Cc1cc(C)n(NC(=O)c2ccc(Cn3cc([N+](=O)[O-])cn3)cc2)c(=O)c1. The third kappa shape index (κ3) is 4.09. The molecule has 2 aromatic heterocycles. The molecule has 1 N–H and O–H groups in total. The first-order valence-corrected chi connectivity index (χ1v) is 8.11. The molecule has 9 nitrogen and oxygen atoms in total. The highest BCUT2D eigenvalue weighted by Crippen LogP contribution is 2.11. The minimum absolute atomic E-state index is 0.0788. The van der Waals surface area contributed by atoms with Crippen molar-refractivity contribution in [3.05, 3.63) is 91.6 Å². The molecule has 3 aromatic rings. The topological polar surface area (TPSA) is 112 Å². The maximum Gasteiger partial charge on any atom is 0.307 e. The monoisotopic (exact) mass is 367 g/mol. The average molecular weight is 367 g/mol. The third-order valence-electron chi connectivity index (χ3n) is 3.97. The van der Waals surface area contributed by atoms with Crippen LogP contribution in [0.4, 0.5) is 5.69 Å². The summed E-state index contributed by atoms with van der Waals surface area (Å²) in [5.41, 5.74) is 4.86. The molecule has 138 valence electrons. The van der Waals surface area contributed by atoms with Gasteiger partial charge in [-0.15, -0.1) is 0 Å². The van der Waals surface area contributed by atoms with Crippen LogP contribution in [0.2, 0.25) is 0 Å². The Bertz CT molecular complexity index is 1070. The van der Waals surface area contributed by atoms with Gasteiger partial charge < -0.3 is 0 Å². The van der Waals surface area contributed by atoms with Gasteiger partial charge in [-0.2, -0.15) is 5.10 Å². The van der Waals surface area contributed by atoms with Crippen LogP contribution in [0.3, 0.4) is 0 Å². The van der Waals surface area contributed by atoms with Crippen LogP contribution in [0.15, 0.2) is 53.6 Å². The van der Waals surface area contributed by atoms with E-state index in [9.17, 15) is 19.7 Å². The van der Waals surface area contributed by atoms with Crippen molar-refractivity contribution in [1.82, 2.24) is 14.5 Å². The second-order valence-corrected chi connectivity index (χ2v) is 6.14. The molecule has 0 bridgehead atoms. The van der Waals surface area contributed by atoms with E-state index in [0.717, 1.165) is 11.1 Å². The number of hydrogen-bond acceptors (Lipinski definition) is 5. The van der Waals surface area contributed by atoms with E-state index >= 15 is 0 Å². The van der Waals surface area contributed by atoms with E-state index in [0.29, 0.717) is 17.8 Å². The Kier molecular flexibility index (Phi) is 4.84. The van der Waals surface area contributed by atoms with Crippen LogP contribution in [-0.2, 0) is 6.54 Å². The van der Waals surface area contributed by atoms with Gasteiger partial charge in [0.2, 0.25) is 0 Å². The molecule has 0 radical (unpaired) electrons. The first-order valence-electron chi connectivity index (χ1n) is 8.11. The lowest BCUT2D eigenvalue weighted by molar-refractivity contribution is -0.385. The van der Waals surface area contributed by atoms with E-state index in [1.54, 1.807) is 37.3 Å². The summed E-state index contributed by atoms with van der Waals surface area (Å²) in [6.07, 6.45) is 2.52. The lowest BCUT2D eigenvalue weighted by Crippen LogP contribution is -2.34. The van der Waals surface area contributed by atoms with E-state index in [1.807, 2.05) is 6.92 Å². The van der Waals surface area contributed by atoms with Crippen molar-refractivity contribution < 1.29 is 9.72 Å². The number of benzene rings is 1. The van der Waals surface area contributed by atoms with Gasteiger partial charge in [0, 0.05) is 17.3 Å². The van der Waals surface area contributed by atoms with Gasteiger partial charge >= 0.3 is 5.69 Å². The number of carbonyl (C=O) groups excluding carboxylic acids is 1. The van der Waals surface area contributed by atoms with Gasteiger partial charge in [-0.05, 0) is 43.2 Å². The van der Waals surface area contributed by atoms with Gasteiger partial charge in [-0.3, -0.25) is 29.8 Å². The van der Waals surface area contributed by atoms with Crippen molar-refractivity contribution in [3.63, 3.8) is 0 Å². The van der Waals surface area contributed by atoms with Crippen molar-refractivity contribution in [2.75, 3.05) is 5.43 Å². The quantitative estimate of drug-likeness (QED) is 0.547. The molecule has 2 heterocycles. The molecule has 1 aromatic carbocycles. The molecular weight excluding hydrogens is 350 g/mol. The summed E-state index contributed by atoms with van der Waals surface area (Å²) in [7, 11) is 0. The lowest BCUT2D eigenvalue weighted by Gasteiger charge is -2.12. The molecule has 0 aliphatic heterocycles. The highest BCUT2D eigenvalue weighted by molar-refractivity contribution is 5.99. The average Bonchev–Trinajstić information content (AvgIpc) is 3.07. The summed E-state index contributed by atoms with van der Waals surface area (Å²) in [6.45, 7) is 3.89. The van der Waals surface area contributed by atoms with Crippen LogP contribution in [0.5, 0.6) is 0 Å². The Morgan fingerprint density at radius 2 is 1.93 bits per heavy atom. The Hall–Kier alpha value is -3.75. The van der Waals surface area contributed by atoms with E-state index < -0.39 is 10.8 Å². The molecule has 9 heteroatoms. The van der Waals surface area contributed by atoms with Gasteiger partial charge in [0.1, 0.15) is 12.4 Å². The number of aromatic nitrogens is 3. The number of amides is 1. The van der Waals surface area contributed by atoms with Crippen molar-refractivity contribution >= 4 is 11.6 Å². The third-order valence-corrected chi connectivity index (χ3v) is 3.97. The molecule has 0 aliphatic carbocycles. The number of hydrogen-bond donors (Lipinski definition) is 1. The Balaban J connectivity index is 1.72. The maximum atomic E-state index is 12.4. The summed E-state index contributed by atoms with van der Waals surface area (Å²) in [4.78, 5) is 34.6. The van der Waals surface area contributed by atoms with Gasteiger partial charge in [0.25, 0.3) is 11.5 Å². The second kappa shape index (κ2) is 7.24. The fraction of sp³-hybridized carbons (Fsp3) is 0.167. The van der Waals surface area contributed by atoms with Crippen molar-refractivity contribution in [1.29, 1.82) is 0 Å². The largest absolute Gasteiger partial charge is 0.307 e. The predicted octanol–water partition coefficient (Wildman–Crippen LogP) is 2.00. The van der Waals surface area contributed by atoms with Crippen LogP contribution in [-0.4, -0.2) is 25.3 Å². The van der Waals surface area contributed by atoms with E-state index in [-0.39, 0.29) is 11.2 Å². The fourth-order valence-corrected chi connectivity index (χ4v) is 2.66. The first-order chi connectivity index (χ1) is 12.8. The smallest absolute Gasteiger partial charge is 0.267 e.